The Hall–Kier alpha value is -3.06. The number of carbonyl (C=O) groups excluding carboxylic acids is 2. The Morgan fingerprint density at radius 3 is 2.53 bits per heavy atom. The van der Waals surface area contributed by atoms with E-state index in [2.05, 4.69) is 21.2 Å². The summed E-state index contributed by atoms with van der Waals surface area (Å²) in [4.78, 5) is 27.0. The minimum Gasteiger partial charge on any atom is -0.495 e. The number of benzene rings is 3. The van der Waals surface area contributed by atoms with Crippen LogP contribution in [0.1, 0.15) is 12.8 Å². The van der Waals surface area contributed by atoms with Crippen molar-refractivity contribution in [2.45, 2.75) is 12.8 Å². The number of anilines is 1. The van der Waals surface area contributed by atoms with Crippen molar-refractivity contribution in [3.8, 4) is 11.5 Å². The molecule has 0 aromatic heterocycles. The lowest BCUT2D eigenvalue weighted by Crippen LogP contribution is -2.43. The summed E-state index contributed by atoms with van der Waals surface area (Å²) in [7, 11) is 1.58. The summed E-state index contributed by atoms with van der Waals surface area (Å²) in [5.41, 5.74) is 0.662. The highest BCUT2D eigenvalue weighted by Crippen LogP contribution is 2.26. The fourth-order valence-electron chi connectivity index (χ4n) is 3.89. The molecule has 0 saturated carbocycles. The summed E-state index contributed by atoms with van der Waals surface area (Å²) in [5, 5.41) is 5.10. The minimum atomic E-state index is -0.135. The van der Waals surface area contributed by atoms with E-state index < -0.39 is 0 Å². The number of hydrogen-bond acceptors (Lipinski definition) is 4. The van der Waals surface area contributed by atoms with Crippen LogP contribution in [0.5, 0.6) is 11.5 Å². The van der Waals surface area contributed by atoms with Crippen molar-refractivity contribution in [2.75, 3.05) is 32.1 Å². The Labute approximate surface area is 195 Å². The SMILES string of the molecule is COc1ccccc1NC(=O)C1CCN(C(=O)COc2ccc3cc(Br)ccc3c2)CC1. The number of methoxy groups -OCH3 is 1. The van der Waals surface area contributed by atoms with Crippen LogP contribution >= 0.6 is 15.9 Å². The number of hydrogen-bond donors (Lipinski definition) is 1. The molecule has 0 bridgehead atoms. The van der Waals surface area contributed by atoms with E-state index in [0.717, 1.165) is 15.2 Å². The third-order valence-corrected chi connectivity index (χ3v) is 6.21. The van der Waals surface area contributed by atoms with E-state index in [1.807, 2.05) is 60.7 Å². The molecule has 0 unspecified atom stereocenters. The molecule has 0 spiro atoms. The fourth-order valence-corrected chi connectivity index (χ4v) is 4.27. The van der Waals surface area contributed by atoms with Gasteiger partial charge in [-0.05, 0) is 60.0 Å². The van der Waals surface area contributed by atoms with E-state index in [1.165, 1.54) is 0 Å². The number of nitrogens with zero attached hydrogens (tertiary/aromatic N) is 1. The van der Waals surface area contributed by atoms with Gasteiger partial charge in [-0.25, -0.2) is 0 Å². The number of halogens is 1. The molecule has 32 heavy (non-hydrogen) atoms. The highest BCUT2D eigenvalue weighted by molar-refractivity contribution is 9.10. The van der Waals surface area contributed by atoms with E-state index in [1.54, 1.807) is 12.0 Å². The van der Waals surface area contributed by atoms with Gasteiger partial charge in [0.05, 0.1) is 12.8 Å². The van der Waals surface area contributed by atoms with Crippen LogP contribution in [-0.4, -0.2) is 43.5 Å². The molecule has 0 radical (unpaired) electrons. The fraction of sp³-hybridized carbons (Fsp3) is 0.280. The molecule has 3 aromatic rings. The number of fused-ring (bicyclic) bond motifs is 1. The van der Waals surface area contributed by atoms with Gasteiger partial charge >= 0.3 is 0 Å². The maximum absolute atomic E-state index is 12.7. The van der Waals surface area contributed by atoms with Gasteiger partial charge in [0.25, 0.3) is 5.91 Å². The molecule has 1 aliphatic heterocycles. The molecule has 1 aliphatic rings. The molecular formula is C25H25BrN2O4. The van der Waals surface area contributed by atoms with E-state index >= 15 is 0 Å². The number of ether oxygens (including phenoxy) is 2. The van der Waals surface area contributed by atoms with Crippen LogP contribution in [0.15, 0.2) is 65.1 Å². The van der Waals surface area contributed by atoms with Gasteiger partial charge in [-0.15, -0.1) is 0 Å². The second-order valence-electron chi connectivity index (χ2n) is 7.79. The Bertz CT molecular complexity index is 1130. The maximum atomic E-state index is 12.7. The quantitative estimate of drug-likeness (QED) is 0.528. The molecule has 0 aliphatic carbocycles. The van der Waals surface area contributed by atoms with Gasteiger partial charge in [-0.1, -0.05) is 40.2 Å². The molecule has 1 heterocycles. The maximum Gasteiger partial charge on any atom is 0.260 e. The Balaban J connectivity index is 1.27. The molecule has 7 heteroatoms. The molecule has 3 aromatic carbocycles. The molecule has 1 N–H and O–H groups in total. The van der Waals surface area contributed by atoms with Crippen LogP contribution in [0.4, 0.5) is 5.69 Å². The molecule has 2 amide bonds. The average molecular weight is 497 g/mol. The number of para-hydroxylation sites is 2. The highest BCUT2D eigenvalue weighted by atomic mass is 79.9. The lowest BCUT2D eigenvalue weighted by molar-refractivity contribution is -0.136. The summed E-state index contributed by atoms with van der Waals surface area (Å²) in [6.07, 6.45) is 1.25. The molecule has 4 rings (SSSR count). The minimum absolute atomic E-state index is 0.0138. The van der Waals surface area contributed by atoms with Crippen LogP contribution in [0, 0.1) is 5.92 Å². The van der Waals surface area contributed by atoms with Gasteiger partial charge in [0, 0.05) is 23.5 Å². The molecule has 1 fully saturated rings. The van der Waals surface area contributed by atoms with Crippen LogP contribution in [0.3, 0.4) is 0 Å². The van der Waals surface area contributed by atoms with Gasteiger partial charge < -0.3 is 19.7 Å². The largest absolute Gasteiger partial charge is 0.495 e. The smallest absolute Gasteiger partial charge is 0.260 e. The molecule has 0 atom stereocenters. The molecule has 6 nitrogen and oxygen atoms in total. The third kappa shape index (κ3) is 5.22. The summed E-state index contributed by atoms with van der Waals surface area (Å²) in [6.45, 7) is 1.07. The van der Waals surface area contributed by atoms with E-state index in [4.69, 9.17) is 9.47 Å². The monoisotopic (exact) mass is 496 g/mol. The van der Waals surface area contributed by atoms with Crippen LogP contribution < -0.4 is 14.8 Å². The van der Waals surface area contributed by atoms with Crippen LogP contribution in [0.25, 0.3) is 10.8 Å². The van der Waals surface area contributed by atoms with Crippen LogP contribution in [-0.2, 0) is 9.59 Å². The normalized spacial score (nSPS) is 14.2. The second-order valence-corrected chi connectivity index (χ2v) is 8.70. The summed E-state index contributed by atoms with van der Waals surface area (Å²) in [6, 6.07) is 19.2. The first-order chi connectivity index (χ1) is 15.5. The van der Waals surface area contributed by atoms with Gasteiger partial charge in [-0.2, -0.15) is 0 Å². The predicted molar refractivity (Wildman–Crippen MR) is 128 cm³/mol. The lowest BCUT2D eigenvalue weighted by atomic mass is 9.95. The second kappa shape index (κ2) is 10.0. The first-order valence-electron chi connectivity index (χ1n) is 10.6. The van der Waals surface area contributed by atoms with E-state index in [0.29, 0.717) is 43.1 Å². The van der Waals surface area contributed by atoms with E-state index in [9.17, 15) is 9.59 Å². The number of carbonyl (C=O) groups is 2. The number of rotatable bonds is 6. The summed E-state index contributed by atoms with van der Waals surface area (Å²) >= 11 is 3.47. The van der Waals surface area contributed by atoms with Gasteiger partial charge in [0.15, 0.2) is 6.61 Å². The summed E-state index contributed by atoms with van der Waals surface area (Å²) in [5.74, 6) is 1.06. The van der Waals surface area contributed by atoms with Crippen molar-refractivity contribution in [1.82, 2.24) is 4.90 Å². The van der Waals surface area contributed by atoms with Gasteiger partial charge in [0.1, 0.15) is 11.5 Å². The lowest BCUT2D eigenvalue weighted by Gasteiger charge is -2.31. The van der Waals surface area contributed by atoms with Crippen molar-refractivity contribution >= 4 is 44.2 Å². The molecular weight excluding hydrogens is 472 g/mol. The standard InChI is InChI=1S/C25H25BrN2O4/c1-31-23-5-3-2-4-22(23)27-25(30)17-10-12-28(13-11-17)24(29)16-32-21-9-7-18-14-20(26)8-6-19(18)15-21/h2-9,14-15,17H,10-13,16H2,1H3,(H,27,30). The number of nitrogens with one attached hydrogen (secondary N) is 1. The third-order valence-electron chi connectivity index (χ3n) is 5.72. The zero-order valence-electron chi connectivity index (χ0n) is 17.8. The van der Waals surface area contributed by atoms with Crippen molar-refractivity contribution < 1.29 is 19.1 Å². The van der Waals surface area contributed by atoms with E-state index in [-0.39, 0.29) is 24.3 Å². The van der Waals surface area contributed by atoms with Gasteiger partial charge in [-0.3, -0.25) is 9.59 Å². The first-order valence-corrected chi connectivity index (χ1v) is 11.4. The average Bonchev–Trinajstić information content (AvgIpc) is 2.83. The number of likely N-dealkylation sites (tertiary alicyclic amines) is 1. The molecule has 1 saturated heterocycles. The highest BCUT2D eigenvalue weighted by Gasteiger charge is 2.28. The first kappa shape index (κ1) is 22.1. The number of amides is 2. The Morgan fingerprint density at radius 1 is 1.03 bits per heavy atom. The molecule has 166 valence electrons. The van der Waals surface area contributed by atoms with Crippen molar-refractivity contribution in [1.29, 1.82) is 0 Å². The number of piperidine rings is 1. The zero-order valence-corrected chi connectivity index (χ0v) is 19.4. The topological polar surface area (TPSA) is 67.9 Å². The van der Waals surface area contributed by atoms with Gasteiger partial charge in [0.2, 0.25) is 5.91 Å². The Morgan fingerprint density at radius 2 is 1.75 bits per heavy atom. The van der Waals surface area contributed by atoms with Crippen molar-refractivity contribution in [3.63, 3.8) is 0 Å². The summed E-state index contributed by atoms with van der Waals surface area (Å²) < 4.78 is 12.1. The zero-order chi connectivity index (χ0) is 22.5. The van der Waals surface area contributed by atoms with Crippen molar-refractivity contribution in [2.24, 2.45) is 5.92 Å². The van der Waals surface area contributed by atoms with Crippen LogP contribution in [0.2, 0.25) is 0 Å². The Kier molecular flexibility index (Phi) is 6.95. The predicted octanol–water partition coefficient (Wildman–Crippen LogP) is 4.87. The van der Waals surface area contributed by atoms with Crippen molar-refractivity contribution in [3.05, 3.63) is 65.1 Å².